The van der Waals surface area contributed by atoms with Crippen LogP contribution >= 0.6 is 0 Å². The standard InChI is InChI=1S/C30H38N4O4/c1-8-10-22(16-27(37-7)20(3)9-2)18-32-28(35)34-25-12-11-21(17-31)15-23(25)24-19-33(14-13-26(24)34)29(36)38-30(4,5)6/h8,10-12,15-16,20H,1,9,13-14,18-19H2,2-7H3,(H,32,35)/b22-10+,27-16+. The number of carbonyl (C=O) groups excluding carboxylic acids is 2. The van der Waals surface area contributed by atoms with Crippen LogP contribution in [-0.4, -0.2) is 47.4 Å². The minimum atomic E-state index is -0.609. The molecule has 0 radical (unpaired) electrons. The molecule has 202 valence electrons. The van der Waals surface area contributed by atoms with Gasteiger partial charge in [-0.2, -0.15) is 5.26 Å². The van der Waals surface area contributed by atoms with Crippen molar-refractivity contribution in [2.75, 3.05) is 20.2 Å². The Kier molecular flexibility index (Phi) is 9.05. The monoisotopic (exact) mass is 518 g/mol. The molecule has 1 unspecified atom stereocenters. The average Bonchev–Trinajstić information content (AvgIpc) is 3.21. The summed E-state index contributed by atoms with van der Waals surface area (Å²) in [5.41, 5.74) is 3.12. The Balaban J connectivity index is 1.95. The first-order valence-corrected chi connectivity index (χ1v) is 12.9. The van der Waals surface area contributed by atoms with Gasteiger partial charge in [-0.3, -0.25) is 4.57 Å². The molecule has 1 atom stereocenters. The molecule has 2 heterocycles. The van der Waals surface area contributed by atoms with Crippen LogP contribution in [-0.2, 0) is 22.4 Å². The van der Waals surface area contributed by atoms with Crippen LogP contribution in [0.4, 0.5) is 9.59 Å². The van der Waals surface area contributed by atoms with Gasteiger partial charge < -0.3 is 19.7 Å². The zero-order valence-corrected chi connectivity index (χ0v) is 23.3. The summed E-state index contributed by atoms with van der Waals surface area (Å²) >= 11 is 0. The summed E-state index contributed by atoms with van der Waals surface area (Å²) in [6.45, 7) is 14.5. The molecule has 1 aromatic carbocycles. The van der Waals surface area contributed by atoms with Gasteiger partial charge in [-0.15, -0.1) is 0 Å². The Hall–Kier alpha value is -3.99. The lowest BCUT2D eigenvalue weighted by Gasteiger charge is -2.30. The minimum absolute atomic E-state index is 0.242. The molecule has 38 heavy (non-hydrogen) atoms. The van der Waals surface area contributed by atoms with E-state index < -0.39 is 11.7 Å². The first-order chi connectivity index (χ1) is 18.0. The van der Waals surface area contributed by atoms with E-state index in [-0.39, 0.29) is 18.5 Å². The van der Waals surface area contributed by atoms with Gasteiger partial charge in [-0.25, -0.2) is 9.59 Å². The molecule has 0 spiro atoms. The molecule has 1 aliphatic heterocycles. The van der Waals surface area contributed by atoms with Crippen molar-refractivity contribution >= 4 is 23.0 Å². The maximum atomic E-state index is 13.6. The van der Waals surface area contributed by atoms with E-state index in [0.29, 0.717) is 30.6 Å². The number of benzene rings is 1. The number of hydrogen-bond donors (Lipinski definition) is 1. The van der Waals surface area contributed by atoms with Gasteiger partial charge in [0.05, 0.1) is 36.6 Å². The molecule has 0 aliphatic carbocycles. The van der Waals surface area contributed by atoms with E-state index in [1.54, 1.807) is 40.9 Å². The zero-order valence-electron chi connectivity index (χ0n) is 23.3. The van der Waals surface area contributed by atoms with Crippen molar-refractivity contribution < 1.29 is 19.1 Å². The highest BCUT2D eigenvalue weighted by atomic mass is 16.6. The predicted octanol–water partition coefficient (Wildman–Crippen LogP) is 6.05. The first-order valence-electron chi connectivity index (χ1n) is 12.9. The fourth-order valence-corrected chi connectivity index (χ4v) is 4.49. The quantitative estimate of drug-likeness (QED) is 0.355. The molecule has 0 bridgehead atoms. The summed E-state index contributed by atoms with van der Waals surface area (Å²) in [7, 11) is 1.65. The summed E-state index contributed by atoms with van der Waals surface area (Å²) in [5, 5.41) is 13.3. The Labute approximate surface area is 225 Å². The molecule has 8 heteroatoms. The number of allylic oxidation sites excluding steroid dienone is 3. The molecule has 0 fully saturated rings. The number of ether oxygens (including phenoxy) is 2. The molecular formula is C30H38N4O4. The van der Waals surface area contributed by atoms with Crippen LogP contribution in [0.25, 0.3) is 10.9 Å². The maximum absolute atomic E-state index is 13.6. The largest absolute Gasteiger partial charge is 0.501 e. The van der Waals surface area contributed by atoms with Gasteiger partial charge >= 0.3 is 12.1 Å². The van der Waals surface area contributed by atoms with E-state index in [1.807, 2.05) is 32.9 Å². The molecule has 8 nitrogen and oxygen atoms in total. The van der Waals surface area contributed by atoms with Crippen LogP contribution in [0.15, 0.2) is 54.3 Å². The number of rotatable bonds is 7. The van der Waals surface area contributed by atoms with E-state index in [9.17, 15) is 14.9 Å². The number of nitrogens with one attached hydrogen (secondary N) is 1. The highest BCUT2D eigenvalue weighted by Crippen LogP contribution is 2.32. The number of nitriles is 1. The van der Waals surface area contributed by atoms with Crippen molar-refractivity contribution in [1.29, 1.82) is 5.26 Å². The van der Waals surface area contributed by atoms with Crippen molar-refractivity contribution in [2.45, 2.75) is 59.6 Å². The Morgan fingerprint density at radius 2 is 2.05 bits per heavy atom. The number of fused-ring (bicyclic) bond motifs is 3. The molecule has 2 amide bonds. The van der Waals surface area contributed by atoms with Gasteiger partial charge in [0.1, 0.15) is 5.60 Å². The lowest BCUT2D eigenvalue weighted by Crippen LogP contribution is -2.41. The zero-order chi connectivity index (χ0) is 28.0. The summed E-state index contributed by atoms with van der Waals surface area (Å²) in [5.74, 6) is 1.08. The van der Waals surface area contributed by atoms with Crippen LogP contribution in [0, 0.1) is 17.2 Å². The van der Waals surface area contributed by atoms with E-state index in [2.05, 4.69) is 31.8 Å². The number of amides is 2. The fourth-order valence-electron chi connectivity index (χ4n) is 4.49. The number of methoxy groups -OCH3 is 1. The lowest BCUT2D eigenvalue weighted by molar-refractivity contribution is 0.0224. The topological polar surface area (TPSA) is 96.6 Å². The Morgan fingerprint density at radius 1 is 1.32 bits per heavy atom. The lowest BCUT2D eigenvalue weighted by atomic mass is 10.0. The normalized spacial score (nSPS) is 14.9. The van der Waals surface area contributed by atoms with Gasteiger partial charge in [-0.1, -0.05) is 32.6 Å². The Bertz CT molecular complexity index is 1320. The molecule has 1 aromatic heterocycles. The van der Waals surface area contributed by atoms with Crippen molar-refractivity contribution in [2.24, 2.45) is 5.92 Å². The van der Waals surface area contributed by atoms with Crippen molar-refractivity contribution in [3.63, 3.8) is 0 Å². The summed E-state index contributed by atoms with van der Waals surface area (Å²) in [6, 6.07) is 7.16. The summed E-state index contributed by atoms with van der Waals surface area (Å²) < 4.78 is 12.8. The van der Waals surface area contributed by atoms with Gasteiger partial charge in [0, 0.05) is 42.1 Å². The van der Waals surface area contributed by atoms with Gasteiger partial charge in [0.15, 0.2) is 0 Å². The summed E-state index contributed by atoms with van der Waals surface area (Å²) in [6.07, 6.45) is 6.49. The fraction of sp³-hybridized carbons (Fsp3) is 0.433. The highest BCUT2D eigenvalue weighted by Gasteiger charge is 2.31. The molecule has 3 rings (SSSR count). The smallest absolute Gasteiger partial charge is 0.410 e. The second-order valence-electron chi connectivity index (χ2n) is 10.5. The number of nitrogens with zero attached hydrogens (tertiary/aromatic N) is 3. The third kappa shape index (κ3) is 6.46. The minimum Gasteiger partial charge on any atom is -0.501 e. The van der Waals surface area contributed by atoms with E-state index in [1.165, 1.54) is 0 Å². The molecular weight excluding hydrogens is 480 g/mol. The Morgan fingerprint density at radius 3 is 2.66 bits per heavy atom. The van der Waals surface area contributed by atoms with Crippen LogP contribution < -0.4 is 5.32 Å². The van der Waals surface area contributed by atoms with Crippen LogP contribution in [0.2, 0.25) is 0 Å². The number of aromatic nitrogens is 1. The van der Waals surface area contributed by atoms with Crippen molar-refractivity contribution in [1.82, 2.24) is 14.8 Å². The van der Waals surface area contributed by atoms with E-state index in [4.69, 9.17) is 9.47 Å². The number of hydrogen-bond acceptors (Lipinski definition) is 5. The third-order valence-electron chi connectivity index (χ3n) is 6.57. The molecule has 0 saturated carbocycles. The van der Waals surface area contributed by atoms with Crippen LogP contribution in [0.5, 0.6) is 0 Å². The SMILES string of the molecule is C=C/C=C(\C=C(\OC)C(C)CC)CNC(=O)n1c2c(c3cc(C#N)ccc31)CN(C(=O)OC(C)(C)C)CC2. The third-order valence-corrected chi connectivity index (χ3v) is 6.57. The van der Waals surface area contributed by atoms with Gasteiger partial charge in [0.25, 0.3) is 0 Å². The highest BCUT2D eigenvalue weighted by molar-refractivity contribution is 5.96. The van der Waals surface area contributed by atoms with Gasteiger partial charge in [0.2, 0.25) is 0 Å². The van der Waals surface area contributed by atoms with Crippen LogP contribution in [0.1, 0.15) is 57.9 Å². The predicted molar refractivity (Wildman–Crippen MR) is 149 cm³/mol. The average molecular weight is 519 g/mol. The van der Waals surface area contributed by atoms with E-state index >= 15 is 0 Å². The molecule has 2 aromatic rings. The second kappa shape index (κ2) is 12.0. The molecule has 0 saturated heterocycles. The second-order valence-corrected chi connectivity index (χ2v) is 10.5. The van der Waals surface area contributed by atoms with Crippen molar-refractivity contribution in [3.05, 3.63) is 71.2 Å². The first kappa shape index (κ1) is 28.6. The maximum Gasteiger partial charge on any atom is 0.410 e. The molecule has 1 aliphatic rings. The van der Waals surface area contributed by atoms with Crippen LogP contribution in [0.3, 0.4) is 0 Å². The number of carbonyl (C=O) groups is 2. The van der Waals surface area contributed by atoms with Gasteiger partial charge in [-0.05, 0) is 57.0 Å². The molecule has 1 N–H and O–H groups in total. The summed E-state index contributed by atoms with van der Waals surface area (Å²) in [4.78, 5) is 28.0. The van der Waals surface area contributed by atoms with Crippen molar-refractivity contribution in [3.8, 4) is 6.07 Å². The van der Waals surface area contributed by atoms with E-state index in [0.717, 1.165) is 34.4 Å².